The Kier molecular flexibility index (Phi) is 5.27. The molecule has 3 aliphatic rings. The van der Waals surface area contributed by atoms with Crippen molar-refractivity contribution in [3.8, 4) is 28.7 Å². The van der Waals surface area contributed by atoms with Crippen LogP contribution in [0.3, 0.4) is 0 Å². The summed E-state index contributed by atoms with van der Waals surface area (Å²) >= 11 is 0. The minimum Gasteiger partial charge on any atom is -0.493 e. The summed E-state index contributed by atoms with van der Waals surface area (Å²) in [6.07, 6.45) is 4.47. The first-order valence-electron chi connectivity index (χ1n) is 11.1. The number of carbonyl (C=O) groups is 1. The molecule has 2 heterocycles. The highest BCUT2D eigenvalue weighted by molar-refractivity contribution is 5.96. The van der Waals surface area contributed by atoms with Crippen molar-refractivity contribution in [3.63, 3.8) is 0 Å². The lowest BCUT2D eigenvalue weighted by molar-refractivity contribution is 0.0668. The van der Waals surface area contributed by atoms with Crippen molar-refractivity contribution in [1.29, 1.82) is 0 Å². The lowest BCUT2D eigenvalue weighted by Gasteiger charge is -2.43. The van der Waals surface area contributed by atoms with Gasteiger partial charge in [0.05, 0.1) is 21.3 Å². The number of ether oxygens (including phenoxy) is 5. The molecular formula is C25H29NO6. The van der Waals surface area contributed by atoms with Crippen LogP contribution in [-0.4, -0.2) is 51.9 Å². The van der Waals surface area contributed by atoms with Gasteiger partial charge in [-0.25, -0.2) is 0 Å². The van der Waals surface area contributed by atoms with Crippen molar-refractivity contribution in [3.05, 3.63) is 41.0 Å². The Hall–Kier alpha value is -3.09. The van der Waals surface area contributed by atoms with Gasteiger partial charge in [-0.1, -0.05) is 12.8 Å². The van der Waals surface area contributed by atoms with E-state index in [9.17, 15) is 4.79 Å². The molecule has 7 nitrogen and oxygen atoms in total. The number of hydrogen-bond donors (Lipinski definition) is 0. The minimum absolute atomic E-state index is 0.0419. The summed E-state index contributed by atoms with van der Waals surface area (Å²) < 4.78 is 28.0. The van der Waals surface area contributed by atoms with Crippen molar-refractivity contribution >= 4 is 5.91 Å². The van der Waals surface area contributed by atoms with Crippen LogP contribution in [0.25, 0.3) is 0 Å². The molecule has 0 bridgehead atoms. The molecule has 5 rings (SSSR count). The number of amides is 1. The fourth-order valence-corrected chi connectivity index (χ4v) is 5.48. The minimum atomic E-state index is -0.0453. The molecule has 1 spiro atoms. The van der Waals surface area contributed by atoms with Crippen molar-refractivity contribution in [2.75, 3.05) is 41.1 Å². The molecule has 0 saturated heterocycles. The van der Waals surface area contributed by atoms with Crippen LogP contribution in [0.2, 0.25) is 0 Å². The third-order valence-electron chi connectivity index (χ3n) is 6.95. The average Bonchev–Trinajstić information content (AvgIpc) is 3.30. The Morgan fingerprint density at radius 2 is 1.53 bits per heavy atom. The van der Waals surface area contributed by atoms with E-state index in [0.29, 0.717) is 49.1 Å². The van der Waals surface area contributed by atoms with Gasteiger partial charge in [-0.05, 0) is 48.2 Å². The maximum Gasteiger partial charge on any atom is 0.254 e. The first-order chi connectivity index (χ1) is 15.6. The van der Waals surface area contributed by atoms with Gasteiger partial charge in [0.25, 0.3) is 5.91 Å². The molecule has 1 amide bonds. The third kappa shape index (κ3) is 3.31. The van der Waals surface area contributed by atoms with Crippen LogP contribution in [0.1, 0.15) is 47.2 Å². The van der Waals surface area contributed by atoms with Crippen LogP contribution in [0.4, 0.5) is 0 Å². The van der Waals surface area contributed by atoms with Gasteiger partial charge in [0.15, 0.2) is 23.0 Å². The summed E-state index contributed by atoms with van der Waals surface area (Å²) in [7, 11) is 4.67. The standard InChI is InChI=1S/C25H29NO6/c1-28-21-10-16(11-22(29-2)23(21)30-3)24(27)26-14-17-12-19-20(32-9-8-31-19)13-18(17)25(15-26)6-4-5-7-25/h10-13H,4-9,14-15H2,1-3H3. The van der Waals surface area contributed by atoms with Gasteiger partial charge in [-0.3, -0.25) is 4.79 Å². The number of hydrogen-bond acceptors (Lipinski definition) is 6. The number of methoxy groups -OCH3 is 3. The zero-order valence-corrected chi connectivity index (χ0v) is 18.9. The normalized spacial score (nSPS) is 18.3. The van der Waals surface area contributed by atoms with Crippen LogP contribution in [0, 0.1) is 0 Å². The monoisotopic (exact) mass is 439 g/mol. The van der Waals surface area contributed by atoms with Crippen molar-refractivity contribution in [2.45, 2.75) is 37.6 Å². The van der Waals surface area contributed by atoms with Crippen LogP contribution < -0.4 is 23.7 Å². The van der Waals surface area contributed by atoms with Gasteiger partial charge >= 0.3 is 0 Å². The summed E-state index contributed by atoms with van der Waals surface area (Å²) in [5.74, 6) is 2.98. The Balaban J connectivity index is 1.54. The number of fused-ring (bicyclic) bond motifs is 3. The molecular weight excluding hydrogens is 410 g/mol. The van der Waals surface area contributed by atoms with Crippen molar-refractivity contribution in [2.24, 2.45) is 0 Å². The van der Waals surface area contributed by atoms with Gasteiger partial charge in [-0.15, -0.1) is 0 Å². The van der Waals surface area contributed by atoms with Crippen LogP contribution in [-0.2, 0) is 12.0 Å². The summed E-state index contributed by atoms with van der Waals surface area (Å²) in [6, 6.07) is 7.68. The van der Waals surface area contributed by atoms with Crippen molar-refractivity contribution < 1.29 is 28.5 Å². The van der Waals surface area contributed by atoms with E-state index in [1.54, 1.807) is 33.5 Å². The Labute approximate surface area is 188 Å². The fourth-order valence-electron chi connectivity index (χ4n) is 5.48. The zero-order chi connectivity index (χ0) is 22.3. The van der Waals surface area contributed by atoms with Crippen molar-refractivity contribution in [1.82, 2.24) is 4.90 Å². The van der Waals surface area contributed by atoms with Gasteiger partial charge < -0.3 is 28.6 Å². The maximum atomic E-state index is 13.7. The second kappa shape index (κ2) is 8.11. The first kappa shape index (κ1) is 20.8. The summed E-state index contributed by atoms with van der Waals surface area (Å²) in [5, 5.41) is 0. The van der Waals surface area contributed by atoms with E-state index < -0.39 is 0 Å². The molecule has 0 radical (unpaired) electrons. The lowest BCUT2D eigenvalue weighted by Crippen LogP contribution is -2.46. The lowest BCUT2D eigenvalue weighted by atomic mass is 9.73. The highest BCUT2D eigenvalue weighted by atomic mass is 16.6. The molecule has 32 heavy (non-hydrogen) atoms. The summed E-state index contributed by atoms with van der Waals surface area (Å²) in [5.41, 5.74) is 2.93. The summed E-state index contributed by atoms with van der Waals surface area (Å²) in [4.78, 5) is 15.6. The molecule has 2 aromatic rings. The molecule has 1 saturated carbocycles. The molecule has 0 N–H and O–H groups in total. The van der Waals surface area contributed by atoms with E-state index in [1.807, 2.05) is 4.90 Å². The van der Waals surface area contributed by atoms with Gasteiger partial charge in [0.2, 0.25) is 5.75 Å². The topological polar surface area (TPSA) is 66.5 Å². The van der Waals surface area contributed by atoms with E-state index in [-0.39, 0.29) is 11.3 Å². The molecule has 2 aromatic carbocycles. The largest absolute Gasteiger partial charge is 0.493 e. The molecule has 2 aliphatic heterocycles. The molecule has 0 aromatic heterocycles. The van der Waals surface area contributed by atoms with Gasteiger partial charge in [-0.2, -0.15) is 0 Å². The molecule has 0 unspecified atom stereocenters. The summed E-state index contributed by atoms with van der Waals surface area (Å²) in [6.45, 7) is 2.34. The Bertz CT molecular complexity index is 1020. The van der Waals surface area contributed by atoms with E-state index >= 15 is 0 Å². The Morgan fingerprint density at radius 1 is 0.906 bits per heavy atom. The predicted octanol–water partition coefficient (Wildman–Crippen LogP) is 3.95. The third-order valence-corrected chi connectivity index (χ3v) is 6.95. The molecule has 170 valence electrons. The van der Waals surface area contributed by atoms with E-state index in [0.717, 1.165) is 29.9 Å². The highest BCUT2D eigenvalue weighted by Gasteiger charge is 2.44. The van der Waals surface area contributed by atoms with E-state index in [4.69, 9.17) is 23.7 Å². The Morgan fingerprint density at radius 3 is 2.12 bits per heavy atom. The molecule has 1 aliphatic carbocycles. The van der Waals surface area contributed by atoms with Crippen LogP contribution >= 0.6 is 0 Å². The highest BCUT2D eigenvalue weighted by Crippen LogP contribution is 2.49. The molecule has 0 atom stereocenters. The first-order valence-corrected chi connectivity index (χ1v) is 11.1. The van der Waals surface area contributed by atoms with Crippen LogP contribution in [0.15, 0.2) is 24.3 Å². The van der Waals surface area contributed by atoms with Crippen LogP contribution in [0.5, 0.6) is 28.7 Å². The van der Waals surface area contributed by atoms with E-state index in [1.165, 1.54) is 18.4 Å². The number of benzene rings is 2. The zero-order valence-electron chi connectivity index (χ0n) is 18.9. The molecule has 1 fully saturated rings. The fraction of sp³-hybridized carbons (Fsp3) is 0.480. The quantitative estimate of drug-likeness (QED) is 0.719. The van der Waals surface area contributed by atoms with E-state index in [2.05, 4.69) is 12.1 Å². The predicted molar refractivity (Wildman–Crippen MR) is 118 cm³/mol. The average molecular weight is 440 g/mol. The van der Waals surface area contributed by atoms with Gasteiger partial charge in [0, 0.05) is 24.1 Å². The molecule has 7 heteroatoms. The number of nitrogens with zero attached hydrogens (tertiary/aromatic N) is 1. The second-order valence-electron chi connectivity index (χ2n) is 8.72. The number of rotatable bonds is 4. The smallest absolute Gasteiger partial charge is 0.254 e. The van der Waals surface area contributed by atoms with Gasteiger partial charge in [0.1, 0.15) is 13.2 Å². The second-order valence-corrected chi connectivity index (χ2v) is 8.72. The maximum absolute atomic E-state index is 13.7. The number of carbonyl (C=O) groups excluding carboxylic acids is 1. The SMILES string of the molecule is COc1cc(C(=O)N2Cc3cc4c(cc3C3(CCCC3)C2)OCCO4)cc(OC)c1OC.